The first kappa shape index (κ1) is 16.7. The van der Waals surface area contributed by atoms with E-state index in [1.165, 1.54) is 0 Å². The first-order valence-corrected chi connectivity index (χ1v) is 7.43. The summed E-state index contributed by atoms with van der Waals surface area (Å²) < 4.78 is 5.34. The fraction of sp³-hybridized carbons (Fsp3) is 0.562. The average Bonchev–Trinajstić information content (AvgIpc) is 2.45. The Kier molecular flexibility index (Phi) is 8.67. The van der Waals surface area contributed by atoms with Crippen molar-refractivity contribution in [2.75, 3.05) is 25.1 Å². The number of carbonyl (C=O) groups excluding carboxylic acids is 1. The Hall–Kier alpha value is -1.39. The third-order valence-electron chi connectivity index (χ3n) is 2.92. The molecule has 0 unspecified atom stereocenters. The SMILES string of the molecule is CCCCCOCC(=O)Nc1cccc(CNCC)c1. The summed E-state index contributed by atoms with van der Waals surface area (Å²) in [5.41, 5.74) is 1.98. The molecule has 112 valence electrons. The topological polar surface area (TPSA) is 50.4 Å². The molecular weight excluding hydrogens is 252 g/mol. The van der Waals surface area contributed by atoms with Crippen molar-refractivity contribution in [1.82, 2.24) is 5.32 Å². The molecule has 1 amide bonds. The molecule has 0 aliphatic rings. The molecular formula is C16H26N2O2. The molecule has 2 N–H and O–H groups in total. The zero-order chi connectivity index (χ0) is 14.6. The largest absolute Gasteiger partial charge is 0.372 e. The zero-order valence-electron chi connectivity index (χ0n) is 12.6. The molecule has 0 aliphatic carbocycles. The van der Waals surface area contributed by atoms with Crippen LogP contribution in [0, 0.1) is 0 Å². The molecule has 0 aliphatic heterocycles. The van der Waals surface area contributed by atoms with Gasteiger partial charge in [-0.05, 0) is 30.7 Å². The zero-order valence-corrected chi connectivity index (χ0v) is 12.6. The Morgan fingerprint density at radius 3 is 2.85 bits per heavy atom. The second-order valence-electron chi connectivity index (χ2n) is 4.79. The van der Waals surface area contributed by atoms with E-state index in [9.17, 15) is 4.79 Å². The second kappa shape index (κ2) is 10.4. The minimum atomic E-state index is -0.0953. The van der Waals surface area contributed by atoms with Crippen LogP contribution in [0.3, 0.4) is 0 Å². The molecule has 1 aromatic carbocycles. The van der Waals surface area contributed by atoms with E-state index in [-0.39, 0.29) is 12.5 Å². The molecule has 0 heterocycles. The van der Waals surface area contributed by atoms with Crippen molar-refractivity contribution in [2.24, 2.45) is 0 Å². The molecule has 0 aromatic heterocycles. The molecule has 1 rings (SSSR count). The molecule has 0 bridgehead atoms. The molecule has 0 saturated heterocycles. The molecule has 1 aromatic rings. The summed E-state index contributed by atoms with van der Waals surface area (Å²) in [7, 11) is 0. The number of carbonyl (C=O) groups is 1. The molecule has 0 spiro atoms. The Morgan fingerprint density at radius 2 is 2.10 bits per heavy atom. The van der Waals surface area contributed by atoms with E-state index in [2.05, 4.69) is 24.5 Å². The first-order valence-electron chi connectivity index (χ1n) is 7.43. The maximum Gasteiger partial charge on any atom is 0.250 e. The highest BCUT2D eigenvalue weighted by Gasteiger charge is 2.03. The van der Waals surface area contributed by atoms with Crippen molar-refractivity contribution in [1.29, 1.82) is 0 Å². The Morgan fingerprint density at radius 1 is 1.25 bits per heavy atom. The van der Waals surface area contributed by atoms with Crippen molar-refractivity contribution in [2.45, 2.75) is 39.7 Å². The molecule has 0 radical (unpaired) electrons. The number of benzene rings is 1. The van der Waals surface area contributed by atoms with Gasteiger partial charge in [-0.3, -0.25) is 4.79 Å². The quantitative estimate of drug-likeness (QED) is 0.647. The molecule has 0 fully saturated rings. The maximum atomic E-state index is 11.7. The number of nitrogens with one attached hydrogen (secondary N) is 2. The van der Waals surface area contributed by atoms with Crippen LogP contribution in [0.15, 0.2) is 24.3 Å². The summed E-state index contributed by atoms with van der Waals surface area (Å²) in [4.78, 5) is 11.7. The van der Waals surface area contributed by atoms with Crippen molar-refractivity contribution >= 4 is 11.6 Å². The third-order valence-corrected chi connectivity index (χ3v) is 2.92. The van der Waals surface area contributed by atoms with Crippen molar-refractivity contribution in [3.05, 3.63) is 29.8 Å². The average molecular weight is 278 g/mol. The molecule has 20 heavy (non-hydrogen) atoms. The summed E-state index contributed by atoms with van der Waals surface area (Å²) in [6, 6.07) is 7.87. The van der Waals surface area contributed by atoms with E-state index in [1.54, 1.807) is 0 Å². The lowest BCUT2D eigenvalue weighted by Gasteiger charge is -2.08. The van der Waals surface area contributed by atoms with E-state index in [4.69, 9.17) is 4.74 Å². The minimum absolute atomic E-state index is 0.0953. The van der Waals surface area contributed by atoms with E-state index in [1.807, 2.05) is 24.3 Å². The van der Waals surface area contributed by atoms with Crippen molar-refractivity contribution < 1.29 is 9.53 Å². The monoisotopic (exact) mass is 278 g/mol. The van der Waals surface area contributed by atoms with Gasteiger partial charge in [-0.1, -0.05) is 38.8 Å². The van der Waals surface area contributed by atoms with E-state index in [0.29, 0.717) is 6.61 Å². The summed E-state index contributed by atoms with van der Waals surface area (Å²) in [5, 5.41) is 6.12. The van der Waals surface area contributed by atoms with Crippen LogP contribution >= 0.6 is 0 Å². The molecule has 0 saturated carbocycles. The Bertz CT molecular complexity index is 394. The van der Waals surface area contributed by atoms with Gasteiger partial charge in [-0.15, -0.1) is 0 Å². The second-order valence-corrected chi connectivity index (χ2v) is 4.79. The first-order chi connectivity index (χ1) is 9.76. The highest BCUT2D eigenvalue weighted by atomic mass is 16.5. The number of unbranched alkanes of at least 4 members (excludes halogenated alkanes) is 2. The fourth-order valence-corrected chi connectivity index (χ4v) is 1.84. The summed E-state index contributed by atoms with van der Waals surface area (Å²) >= 11 is 0. The third kappa shape index (κ3) is 7.26. The minimum Gasteiger partial charge on any atom is -0.372 e. The normalized spacial score (nSPS) is 10.5. The molecule has 4 nitrogen and oxygen atoms in total. The predicted molar refractivity (Wildman–Crippen MR) is 82.8 cm³/mol. The van der Waals surface area contributed by atoms with Gasteiger partial charge in [0.15, 0.2) is 0 Å². The van der Waals surface area contributed by atoms with Crippen LogP contribution in [0.5, 0.6) is 0 Å². The highest BCUT2D eigenvalue weighted by Crippen LogP contribution is 2.10. The van der Waals surface area contributed by atoms with Crippen LogP contribution in [0.25, 0.3) is 0 Å². The fourth-order valence-electron chi connectivity index (χ4n) is 1.84. The maximum absolute atomic E-state index is 11.7. The Balaban J connectivity index is 2.30. The lowest BCUT2D eigenvalue weighted by Crippen LogP contribution is -2.19. The number of rotatable bonds is 10. The van der Waals surface area contributed by atoms with Gasteiger partial charge in [0.05, 0.1) is 0 Å². The van der Waals surface area contributed by atoms with Crippen LogP contribution in [-0.2, 0) is 16.1 Å². The summed E-state index contributed by atoms with van der Waals surface area (Å²) in [6.45, 7) is 6.74. The van der Waals surface area contributed by atoms with Crippen LogP contribution in [0.1, 0.15) is 38.7 Å². The number of ether oxygens (including phenoxy) is 1. The van der Waals surface area contributed by atoms with Gasteiger partial charge < -0.3 is 15.4 Å². The van der Waals surface area contributed by atoms with Crippen molar-refractivity contribution in [3.63, 3.8) is 0 Å². The Labute approximate surface area is 121 Å². The van der Waals surface area contributed by atoms with Crippen LogP contribution in [0.2, 0.25) is 0 Å². The van der Waals surface area contributed by atoms with E-state index >= 15 is 0 Å². The lowest BCUT2D eigenvalue weighted by atomic mass is 10.2. The number of amides is 1. The summed E-state index contributed by atoms with van der Waals surface area (Å²) in [5.74, 6) is -0.0953. The lowest BCUT2D eigenvalue weighted by molar-refractivity contribution is -0.120. The van der Waals surface area contributed by atoms with Crippen LogP contribution in [0.4, 0.5) is 5.69 Å². The van der Waals surface area contributed by atoms with Gasteiger partial charge >= 0.3 is 0 Å². The van der Waals surface area contributed by atoms with E-state index < -0.39 is 0 Å². The number of hydrogen-bond donors (Lipinski definition) is 2. The van der Waals surface area contributed by atoms with Gasteiger partial charge in [-0.2, -0.15) is 0 Å². The van der Waals surface area contributed by atoms with Crippen LogP contribution < -0.4 is 10.6 Å². The van der Waals surface area contributed by atoms with E-state index in [0.717, 1.165) is 43.6 Å². The highest BCUT2D eigenvalue weighted by molar-refractivity contribution is 5.91. The van der Waals surface area contributed by atoms with Gasteiger partial charge in [0.25, 0.3) is 0 Å². The van der Waals surface area contributed by atoms with Gasteiger partial charge in [0.1, 0.15) is 6.61 Å². The molecule has 4 heteroatoms. The predicted octanol–water partition coefficient (Wildman–Crippen LogP) is 2.94. The number of hydrogen-bond acceptors (Lipinski definition) is 3. The van der Waals surface area contributed by atoms with Crippen molar-refractivity contribution in [3.8, 4) is 0 Å². The number of anilines is 1. The van der Waals surface area contributed by atoms with Gasteiger partial charge in [-0.25, -0.2) is 0 Å². The van der Waals surface area contributed by atoms with Gasteiger partial charge in [0, 0.05) is 18.8 Å². The standard InChI is InChI=1S/C16H26N2O2/c1-3-5-6-10-20-13-16(19)18-15-9-7-8-14(11-15)12-17-4-2/h7-9,11,17H,3-6,10,12-13H2,1-2H3,(H,18,19). The van der Waals surface area contributed by atoms with Gasteiger partial charge in [0.2, 0.25) is 5.91 Å². The van der Waals surface area contributed by atoms with Crippen LogP contribution in [-0.4, -0.2) is 25.7 Å². The smallest absolute Gasteiger partial charge is 0.250 e. The summed E-state index contributed by atoms with van der Waals surface area (Å²) in [6.07, 6.45) is 3.32. The molecule has 0 atom stereocenters.